The van der Waals surface area contributed by atoms with Gasteiger partial charge >= 0.3 is 0 Å². The second-order valence-corrected chi connectivity index (χ2v) is 7.32. The van der Waals surface area contributed by atoms with E-state index in [0.29, 0.717) is 28.8 Å². The van der Waals surface area contributed by atoms with Gasteiger partial charge in [0.1, 0.15) is 11.6 Å². The third-order valence-corrected chi connectivity index (χ3v) is 5.32. The second-order valence-electron chi connectivity index (χ2n) is 6.31. The van der Waals surface area contributed by atoms with Crippen LogP contribution in [0.4, 0.5) is 10.5 Å². The van der Waals surface area contributed by atoms with Gasteiger partial charge < -0.3 is 20.5 Å². The summed E-state index contributed by atoms with van der Waals surface area (Å²) in [4.78, 5) is 16.5. The number of nitrogens with two attached hydrogens (primary N) is 1. The van der Waals surface area contributed by atoms with E-state index in [1.54, 1.807) is 14.2 Å². The quantitative estimate of drug-likeness (QED) is 0.593. The Kier molecular flexibility index (Phi) is 5.14. The number of nitrogens with one attached hydrogen (secondary N) is 1. The van der Waals surface area contributed by atoms with Crippen LogP contribution in [0.25, 0.3) is 16.8 Å². The Labute approximate surface area is 172 Å². The molecule has 146 valence electrons. The van der Waals surface area contributed by atoms with Gasteiger partial charge in [-0.3, -0.25) is 9.79 Å². The molecule has 1 amide bonds. The summed E-state index contributed by atoms with van der Waals surface area (Å²) >= 11 is 1.11. The van der Waals surface area contributed by atoms with Crippen LogP contribution in [0.2, 0.25) is 0 Å². The number of thioether (sulfide) groups is 1. The van der Waals surface area contributed by atoms with E-state index in [-0.39, 0.29) is 5.24 Å². The number of hydrogen-bond donors (Lipinski definition) is 2. The molecule has 0 atom stereocenters. The summed E-state index contributed by atoms with van der Waals surface area (Å²) in [5.41, 5.74) is 7.65. The fraction of sp³-hybridized carbons (Fsp3) is 0.0909. The van der Waals surface area contributed by atoms with E-state index in [0.717, 1.165) is 33.0 Å². The van der Waals surface area contributed by atoms with Crippen LogP contribution in [0.1, 0.15) is 5.56 Å². The summed E-state index contributed by atoms with van der Waals surface area (Å²) in [5, 5.41) is 4.43. The number of anilines is 1. The summed E-state index contributed by atoms with van der Waals surface area (Å²) in [6.45, 7) is 0. The Morgan fingerprint density at radius 2 is 1.79 bits per heavy atom. The predicted molar refractivity (Wildman–Crippen MR) is 119 cm³/mol. The third-order valence-electron chi connectivity index (χ3n) is 4.50. The molecular weight excluding hydrogens is 386 g/mol. The molecule has 0 radical (unpaired) electrons. The number of ether oxygens (including phenoxy) is 2. The molecule has 1 heterocycles. The van der Waals surface area contributed by atoms with Crippen LogP contribution in [0.5, 0.6) is 17.2 Å². The van der Waals surface area contributed by atoms with Crippen molar-refractivity contribution in [2.45, 2.75) is 0 Å². The molecule has 0 bridgehead atoms. The maximum atomic E-state index is 11.6. The smallest absolute Gasteiger partial charge is 0.289 e. The normalized spacial score (nSPS) is 16.4. The molecular formula is C22H19N3O3S. The first-order valence-corrected chi connectivity index (χ1v) is 9.71. The second kappa shape index (κ2) is 7.89. The number of carbonyl (C=O) groups excluding carboxylic acids is 1. The number of nitrogen functional groups attached to an aromatic ring is 1. The molecule has 0 aromatic heterocycles. The predicted octanol–water partition coefficient (Wildman–Crippen LogP) is 5.05. The Balaban J connectivity index is 1.68. The zero-order valence-corrected chi connectivity index (χ0v) is 16.7. The van der Waals surface area contributed by atoms with Crippen LogP contribution < -0.4 is 20.5 Å². The Morgan fingerprint density at radius 1 is 1.03 bits per heavy atom. The fourth-order valence-corrected chi connectivity index (χ4v) is 3.89. The first-order valence-electron chi connectivity index (χ1n) is 8.90. The molecule has 29 heavy (non-hydrogen) atoms. The van der Waals surface area contributed by atoms with Crippen molar-refractivity contribution in [2.24, 2.45) is 4.99 Å². The molecule has 7 heteroatoms. The standard InChI is InChI=1S/C22H19N3O3S/c1-24-21-20(29-22(26)25-21)12-13-7-9-18(19(11-13)27-2)28-17-10-8-16(23)14-5-3-4-6-15(14)17/h3-12H,23H2,1-2H3,(H,24,25,26)/b20-12-. The lowest BCUT2D eigenvalue weighted by Gasteiger charge is -2.14. The SMILES string of the molecule is CN=C1NC(=O)S/C1=C\c1ccc(Oc2ccc(N)c3ccccc23)c(OC)c1. The highest BCUT2D eigenvalue weighted by Crippen LogP contribution is 2.38. The van der Waals surface area contributed by atoms with Gasteiger partial charge in [0.05, 0.1) is 12.0 Å². The Hall–Kier alpha value is -3.45. The molecule has 1 aliphatic heterocycles. The molecule has 0 spiro atoms. The highest BCUT2D eigenvalue weighted by atomic mass is 32.2. The van der Waals surface area contributed by atoms with Crippen molar-refractivity contribution in [3.05, 3.63) is 65.1 Å². The number of nitrogens with zero attached hydrogens (tertiary/aromatic N) is 1. The van der Waals surface area contributed by atoms with Gasteiger partial charge in [-0.05, 0) is 47.7 Å². The van der Waals surface area contributed by atoms with Gasteiger partial charge in [0.25, 0.3) is 5.24 Å². The van der Waals surface area contributed by atoms with E-state index in [1.807, 2.05) is 60.7 Å². The summed E-state index contributed by atoms with van der Waals surface area (Å²) in [5.74, 6) is 2.42. The molecule has 0 unspecified atom stereocenters. The van der Waals surface area contributed by atoms with Crippen molar-refractivity contribution >= 4 is 45.4 Å². The number of rotatable bonds is 4. The molecule has 1 aliphatic rings. The van der Waals surface area contributed by atoms with Gasteiger partial charge in [0.15, 0.2) is 11.5 Å². The van der Waals surface area contributed by atoms with Crippen molar-refractivity contribution in [2.75, 3.05) is 19.9 Å². The minimum atomic E-state index is -0.140. The van der Waals surface area contributed by atoms with E-state index < -0.39 is 0 Å². The van der Waals surface area contributed by atoms with Crippen LogP contribution in [0.15, 0.2) is 64.5 Å². The number of hydrogen-bond acceptors (Lipinski definition) is 6. The summed E-state index contributed by atoms with van der Waals surface area (Å²) in [7, 11) is 3.23. The highest BCUT2D eigenvalue weighted by molar-refractivity contribution is 8.18. The molecule has 0 aliphatic carbocycles. The van der Waals surface area contributed by atoms with Gasteiger partial charge in [-0.25, -0.2) is 0 Å². The van der Waals surface area contributed by atoms with E-state index in [2.05, 4.69) is 10.3 Å². The van der Waals surface area contributed by atoms with Crippen LogP contribution in [-0.4, -0.2) is 25.2 Å². The van der Waals surface area contributed by atoms with Crippen molar-refractivity contribution in [1.82, 2.24) is 5.32 Å². The minimum absolute atomic E-state index is 0.140. The van der Waals surface area contributed by atoms with Crippen LogP contribution in [0, 0.1) is 0 Å². The number of amides is 1. The van der Waals surface area contributed by atoms with E-state index in [9.17, 15) is 4.79 Å². The monoisotopic (exact) mass is 405 g/mol. The summed E-state index contributed by atoms with van der Waals surface area (Å²) < 4.78 is 11.7. The minimum Gasteiger partial charge on any atom is -0.493 e. The molecule has 1 saturated heterocycles. The maximum Gasteiger partial charge on any atom is 0.289 e. The first kappa shape index (κ1) is 18.9. The van der Waals surface area contributed by atoms with Crippen molar-refractivity contribution in [3.63, 3.8) is 0 Å². The largest absolute Gasteiger partial charge is 0.493 e. The topological polar surface area (TPSA) is 85.9 Å². The lowest BCUT2D eigenvalue weighted by atomic mass is 10.1. The van der Waals surface area contributed by atoms with Gasteiger partial charge in [-0.1, -0.05) is 30.3 Å². The van der Waals surface area contributed by atoms with Gasteiger partial charge in [-0.2, -0.15) is 0 Å². The Bertz CT molecular complexity index is 1170. The lowest BCUT2D eigenvalue weighted by Crippen LogP contribution is -2.18. The molecule has 3 N–H and O–H groups in total. The molecule has 3 aromatic rings. The number of amidine groups is 1. The number of carbonyl (C=O) groups is 1. The number of benzene rings is 3. The van der Waals surface area contributed by atoms with E-state index in [4.69, 9.17) is 15.2 Å². The molecule has 0 saturated carbocycles. The van der Waals surface area contributed by atoms with Crippen LogP contribution in [-0.2, 0) is 0 Å². The fourth-order valence-electron chi connectivity index (χ4n) is 3.11. The third kappa shape index (κ3) is 3.77. The molecule has 3 aromatic carbocycles. The van der Waals surface area contributed by atoms with Crippen molar-refractivity contribution < 1.29 is 14.3 Å². The average Bonchev–Trinajstić information content (AvgIpc) is 3.10. The van der Waals surface area contributed by atoms with E-state index >= 15 is 0 Å². The maximum absolute atomic E-state index is 11.6. The van der Waals surface area contributed by atoms with Gasteiger partial charge in [-0.15, -0.1) is 0 Å². The van der Waals surface area contributed by atoms with Crippen molar-refractivity contribution in [1.29, 1.82) is 0 Å². The van der Waals surface area contributed by atoms with Gasteiger partial charge in [0.2, 0.25) is 0 Å². The molecule has 6 nitrogen and oxygen atoms in total. The van der Waals surface area contributed by atoms with E-state index in [1.165, 1.54) is 0 Å². The highest BCUT2D eigenvalue weighted by Gasteiger charge is 2.22. The first-order chi connectivity index (χ1) is 14.1. The molecule has 1 fully saturated rings. The zero-order valence-electron chi connectivity index (χ0n) is 15.9. The number of aliphatic imine (C=N–C) groups is 1. The summed E-state index contributed by atoms with van der Waals surface area (Å²) in [6, 6.07) is 17.1. The Morgan fingerprint density at radius 3 is 2.55 bits per heavy atom. The number of fused-ring (bicyclic) bond motifs is 1. The number of methoxy groups -OCH3 is 1. The van der Waals surface area contributed by atoms with Crippen molar-refractivity contribution in [3.8, 4) is 17.2 Å². The van der Waals surface area contributed by atoms with Crippen LogP contribution >= 0.6 is 11.8 Å². The van der Waals surface area contributed by atoms with Gasteiger partial charge in [0, 0.05) is 23.5 Å². The average molecular weight is 405 g/mol. The lowest BCUT2D eigenvalue weighted by molar-refractivity contribution is 0.265. The zero-order chi connectivity index (χ0) is 20.4. The van der Waals surface area contributed by atoms with Crippen LogP contribution in [0.3, 0.4) is 0 Å². The molecule has 4 rings (SSSR count). The summed E-state index contributed by atoms with van der Waals surface area (Å²) in [6.07, 6.45) is 1.88.